The largest absolute Gasteiger partial charge is 0.375 e. The highest BCUT2D eigenvalue weighted by atomic mass is 16.2. The number of carbonyl (C=O) groups is 2. The monoisotopic (exact) mass is 381 g/mol. The van der Waals surface area contributed by atoms with Crippen LogP contribution in [0.4, 0.5) is 11.4 Å². The van der Waals surface area contributed by atoms with E-state index in [0.29, 0.717) is 18.7 Å². The Labute approximate surface area is 168 Å². The summed E-state index contributed by atoms with van der Waals surface area (Å²) >= 11 is 0. The van der Waals surface area contributed by atoms with Crippen LogP contribution in [0.1, 0.15) is 49.5 Å². The molecule has 0 aromatic heterocycles. The number of benzene rings is 2. The van der Waals surface area contributed by atoms with Gasteiger partial charge in [-0.25, -0.2) is 0 Å². The van der Waals surface area contributed by atoms with Gasteiger partial charge in [-0.15, -0.1) is 0 Å². The normalized spacial score (nSPS) is 10.4. The summed E-state index contributed by atoms with van der Waals surface area (Å²) in [6, 6.07) is 15.3. The van der Waals surface area contributed by atoms with E-state index in [4.69, 9.17) is 0 Å². The fourth-order valence-electron chi connectivity index (χ4n) is 3.02. The van der Waals surface area contributed by atoms with E-state index < -0.39 is 0 Å². The molecular formula is C23H31N3O2. The Morgan fingerprint density at radius 3 is 2.29 bits per heavy atom. The quantitative estimate of drug-likeness (QED) is 0.694. The summed E-state index contributed by atoms with van der Waals surface area (Å²) < 4.78 is 0. The fraction of sp³-hybridized carbons (Fsp3) is 0.391. The molecule has 2 rings (SSSR count). The SMILES string of the molecule is CCCCN(C)c1ccc(C(=O)Nc2ccccc2CN(CC)C(C)=O)cc1. The van der Waals surface area contributed by atoms with Crippen molar-refractivity contribution < 1.29 is 9.59 Å². The third-order valence-electron chi connectivity index (χ3n) is 4.87. The molecule has 0 saturated carbocycles. The molecule has 0 atom stereocenters. The summed E-state index contributed by atoms with van der Waals surface area (Å²) in [5, 5.41) is 2.99. The minimum absolute atomic E-state index is 0.0198. The third-order valence-corrected chi connectivity index (χ3v) is 4.87. The first-order chi connectivity index (χ1) is 13.5. The van der Waals surface area contributed by atoms with E-state index in [-0.39, 0.29) is 11.8 Å². The predicted molar refractivity (Wildman–Crippen MR) is 116 cm³/mol. The highest BCUT2D eigenvalue weighted by Crippen LogP contribution is 2.20. The second-order valence-electron chi connectivity index (χ2n) is 6.97. The van der Waals surface area contributed by atoms with Crippen LogP contribution >= 0.6 is 0 Å². The molecule has 0 spiro atoms. The Kier molecular flexibility index (Phi) is 8.05. The van der Waals surface area contributed by atoms with Crippen LogP contribution in [0, 0.1) is 0 Å². The zero-order chi connectivity index (χ0) is 20.5. The van der Waals surface area contributed by atoms with Crippen molar-refractivity contribution in [1.29, 1.82) is 0 Å². The Morgan fingerprint density at radius 2 is 1.68 bits per heavy atom. The van der Waals surface area contributed by atoms with E-state index in [0.717, 1.165) is 36.3 Å². The predicted octanol–water partition coefficient (Wildman–Crippen LogP) is 4.54. The minimum atomic E-state index is -0.152. The molecule has 2 aromatic carbocycles. The van der Waals surface area contributed by atoms with E-state index in [9.17, 15) is 9.59 Å². The number of nitrogens with zero attached hydrogens (tertiary/aromatic N) is 2. The van der Waals surface area contributed by atoms with Crippen LogP contribution in [0.25, 0.3) is 0 Å². The number of hydrogen-bond donors (Lipinski definition) is 1. The molecule has 2 amide bonds. The van der Waals surface area contributed by atoms with Gasteiger partial charge in [-0.1, -0.05) is 31.5 Å². The fourth-order valence-corrected chi connectivity index (χ4v) is 3.02. The summed E-state index contributed by atoms with van der Waals surface area (Å²) in [7, 11) is 2.06. The van der Waals surface area contributed by atoms with Crippen LogP contribution in [0.15, 0.2) is 48.5 Å². The van der Waals surface area contributed by atoms with E-state index in [1.54, 1.807) is 11.8 Å². The highest BCUT2D eigenvalue weighted by Gasteiger charge is 2.13. The van der Waals surface area contributed by atoms with E-state index in [2.05, 4.69) is 24.2 Å². The average Bonchev–Trinajstić information content (AvgIpc) is 2.71. The van der Waals surface area contributed by atoms with Gasteiger partial charge >= 0.3 is 0 Å². The number of para-hydroxylation sites is 1. The molecule has 0 unspecified atom stereocenters. The van der Waals surface area contributed by atoms with Gasteiger partial charge in [0.25, 0.3) is 5.91 Å². The van der Waals surface area contributed by atoms with Gasteiger partial charge in [0.2, 0.25) is 5.91 Å². The lowest BCUT2D eigenvalue weighted by Crippen LogP contribution is -2.28. The van der Waals surface area contributed by atoms with Crippen molar-refractivity contribution in [3.63, 3.8) is 0 Å². The van der Waals surface area contributed by atoms with Crippen LogP contribution < -0.4 is 10.2 Å². The summed E-state index contributed by atoms with van der Waals surface area (Å²) in [5.74, 6) is -0.132. The number of carbonyl (C=O) groups excluding carboxylic acids is 2. The van der Waals surface area contributed by atoms with Crippen LogP contribution in [0.3, 0.4) is 0 Å². The van der Waals surface area contributed by atoms with Crippen molar-refractivity contribution >= 4 is 23.2 Å². The standard InChI is InChI=1S/C23H31N3O2/c1-5-7-16-25(4)21-14-12-19(13-15-21)23(28)24-22-11-9-8-10-20(22)17-26(6-2)18(3)27/h8-15H,5-7,16-17H2,1-4H3,(H,24,28). The summed E-state index contributed by atoms with van der Waals surface area (Å²) in [5.41, 5.74) is 3.37. The topological polar surface area (TPSA) is 52.7 Å². The molecule has 0 aliphatic carbocycles. The summed E-state index contributed by atoms with van der Waals surface area (Å²) in [4.78, 5) is 28.4. The number of anilines is 2. The highest BCUT2D eigenvalue weighted by molar-refractivity contribution is 6.04. The molecule has 5 heteroatoms. The molecule has 0 radical (unpaired) electrons. The second kappa shape index (κ2) is 10.5. The molecule has 0 aliphatic heterocycles. The van der Waals surface area contributed by atoms with E-state index >= 15 is 0 Å². The lowest BCUT2D eigenvalue weighted by molar-refractivity contribution is -0.129. The van der Waals surface area contributed by atoms with Crippen molar-refractivity contribution in [1.82, 2.24) is 4.90 Å². The average molecular weight is 382 g/mol. The summed E-state index contributed by atoms with van der Waals surface area (Å²) in [6.07, 6.45) is 2.30. The number of rotatable bonds is 9. The maximum Gasteiger partial charge on any atom is 0.255 e. The maximum absolute atomic E-state index is 12.7. The summed E-state index contributed by atoms with van der Waals surface area (Å²) in [6.45, 7) is 7.79. The second-order valence-corrected chi connectivity index (χ2v) is 6.97. The van der Waals surface area contributed by atoms with Crippen molar-refractivity contribution in [3.8, 4) is 0 Å². The molecule has 28 heavy (non-hydrogen) atoms. The van der Waals surface area contributed by atoms with Gasteiger partial charge in [-0.2, -0.15) is 0 Å². The Bertz CT molecular complexity index is 787. The van der Waals surface area contributed by atoms with Crippen molar-refractivity contribution in [2.24, 2.45) is 0 Å². The maximum atomic E-state index is 12.7. The molecule has 0 bridgehead atoms. The van der Waals surface area contributed by atoms with E-state index in [1.165, 1.54) is 0 Å². The zero-order valence-electron chi connectivity index (χ0n) is 17.4. The molecule has 2 aromatic rings. The van der Waals surface area contributed by atoms with Gasteiger partial charge in [0.15, 0.2) is 0 Å². The molecular weight excluding hydrogens is 350 g/mol. The Hall–Kier alpha value is -2.82. The van der Waals surface area contributed by atoms with Gasteiger partial charge in [-0.3, -0.25) is 9.59 Å². The molecule has 1 N–H and O–H groups in total. The van der Waals surface area contributed by atoms with Crippen molar-refractivity contribution in [2.45, 2.75) is 40.2 Å². The Morgan fingerprint density at radius 1 is 1.00 bits per heavy atom. The van der Waals surface area contributed by atoms with Crippen molar-refractivity contribution in [3.05, 3.63) is 59.7 Å². The lowest BCUT2D eigenvalue weighted by atomic mass is 10.1. The number of unbranched alkanes of at least 4 members (excludes halogenated alkanes) is 1. The molecule has 0 saturated heterocycles. The molecule has 150 valence electrons. The van der Waals surface area contributed by atoms with Crippen LogP contribution in [0.5, 0.6) is 0 Å². The van der Waals surface area contributed by atoms with Gasteiger partial charge in [0.1, 0.15) is 0 Å². The smallest absolute Gasteiger partial charge is 0.255 e. The molecule has 0 heterocycles. The van der Waals surface area contributed by atoms with Gasteiger partial charge in [0.05, 0.1) is 0 Å². The number of amides is 2. The van der Waals surface area contributed by atoms with E-state index in [1.807, 2.05) is 55.5 Å². The van der Waals surface area contributed by atoms with Gasteiger partial charge in [-0.05, 0) is 49.2 Å². The van der Waals surface area contributed by atoms with Crippen LogP contribution in [-0.2, 0) is 11.3 Å². The van der Waals surface area contributed by atoms with Gasteiger partial charge in [0, 0.05) is 50.5 Å². The van der Waals surface area contributed by atoms with Gasteiger partial charge < -0.3 is 15.1 Å². The third kappa shape index (κ3) is 5.84. The number of hydrogen-bond acceptors (Lipinski definition) is 3. The van der Waals surface area contributed by atoms with Crippen LogP contribution in [0.2, 0.25) is 0 Å². The molecule has 5 nitrogen and oxygen atoms in total. The minimum Gasteiger partial charge on any atom is -0.375 e. The van der Waals surface area contributed by atoms with Crippen LogP contribution in [-0.4, -0.2) is 36.9 Å². The first-order valence-electron chi connectivity index (χ1n) is 9.92. The lowest BCUT2D eigenvalue weighted by Gasteiger charge is -2.21. The first-order valence-corrected chi connectivity index (χ1v) is 9.92. The van der Waals surface area contributed by atoms with Crippen molar-refractivity contribution in [2.75, 3.05) is 30.4 Å². The molecule has 0 fully saturated rings. The Balaban J connectivity index is 2.09. The first kappa shape index (κ1) is 21.5. The number of nitrogens with one attached hydrogen (secondary N) is 1. The molecule has 0 aliphatic rings. The zero-order valence-corrected chi connectivity index (χ0v) is 17.4.